The summed E-state index contributed by atoms with van der Waals surface area (Å²) in [5.41, 5.74) is 6.51. The Morgan fingerprint density at radius 2 is 2.14 bits per heavy atom. The van der Waals surface area contributed by atoms with Gasteiger partial charge in [0.1, 0.15) is 5.76 Å². The van der Waals surface area contributed by atoms with Crippen molar-refractivity contribution < 1.29 is 4.74 Å². The standard InChI is InChI=1S/C18H18INO/c1-11-6-7-14-13(10-11)17-12-8-9-18(2,19)21-16(12)5-3-4-15(17)20-14/h6-10,20H,3-5H2,1-2H3. The monoisotopic (exact) mass is 391 g/mol. The van der Waals surface area contributed by atoms with Crippen LogP contribution in [0.3, 0.4) is 0 Å². The Kier molecular flexibility index (Phi) is 2.96. The summed E-state index contributed by atoms with van der Waals surface area (Å²) >= 11 is 2.36. The molecule has 108 valence electrons. The molecule has 0 bridgehead atoms. The zero-order valence-corrected chi connectivity index (χ0v) is 14.5. The molecule has 2 heterocycles. The van der Waals surface area contributed by atoms with E-state index in [4.69, 9.17) is 4.74 Å². The fourth-order valence-electron chi connectivity index (χ4n) is 3.35. The van der Waals surface area contributed by atoms with Crippen molar-refractivity contribution in [3.05, 3.63) is 52.9 Å². The summed E-state index contributed by atoms with van der Waals surface area (Å²) in [7, 11) is 0. The summed E-state index contributed by atoms with van der Waals surface area (Å²) < 4.78 is 6.01. The van der Waals surface area contributed by atoms with Crippen LogP contribution in [0.2, 0.25) is 0 Å². The third-order valence-corrected chi connectivity index (χ3v) is 4.88. The van der Waals surface area contributed by atoms with Crippen LogP contribution in [0.5, 0.6) is 0 Å². The second-order valence-corrected chi connectivity index (χ2v) is 8.28. The topological polar surface area (TPSA) is 25.0 Å². The molecule has 0 amide bonds. The van der Waals surface area contributed by atoms with Crippen LogP contribution >= 0.6 is 22.6 Å². The lowest BCUT2D eigenvalue weighted by Crippen LogP contribution is -2.20. The zero-order valence-electron chi connectivity index (χ0n) is 12.3. The van der Waals surface area contributed by atoms with Crippen molar-refractivity contribution in [3.8, 4) is 0 Å². The first-order chi connectivity index (χ1) is 10.0. The van der Waals surface area contributed by atoms with Crippen LogP contribution in [0.15, 0.2) is 36.1 Å². The normalized spacial score (nSPS) is 24.5. The van der Waals surface area contributed by atoms with Crippen molar-refractivity contribution in [2.75, 3.05) is 0 Å². The summed E-state index contributed by atoms with van der Waals surface area (Å²) in [5, 5.41) is 1.32. The van der Waals surface area contributed by atoms with Crippen molar-refractivity contribution >= 4 is 39.1 Å². The van der Waals surface area contributed by atoms with Crippen LogP contribution in [0, 0.1) is 6.92 Å². The first kappa shape index (κ1) is 13.4. The molecule has 0 fully saturated rings. The quantitative estimate of drug-likeness (QED) is 0.481. The molecule has 1 aromatic heterocycles. The van der Waals surface area contributed by atoms with Gasteiger partial charge in [0, 0.05) is 34.2 Å². The maximum absolute atomic E-state index is 6.23. The fourth-order valence-corrected chi connectivity index (χ4v) is 3.79. The van der Waals surface area contributed by atoms with Gasteiger partial charge in [-0.3, -0.25) is 0 Å². The van der Waals surface area contributed by atoms with Crippen molar-refractivity contribution in [1.29, 1.82) is 0 Å². The second kappa shape index (κ2) is 4.63. The van der Waals surface area contributed by atoms with Gasteiger partial charge in [0.2, 0.25) is 0 Å². The Hall–Kier alpha value is -1.23. The Labute approximate surface area is 138 Å². The highest BCUT2D eigenvalue weighted by Gasteiger charge is 2.29. The van der Waals surface area contributed by atoms with Crippen LogP contribution in [0.1, 0.15) is 36.6 Å². The summed E-state index contributed by atoms with van der Waals surface area (Å²) in [6.07, 6.45) is 7.67. The largest absolute Gasteiger partial charge is 0.477 e. The van der Waals surface area contributed by atoms with Crippen LogP contribution in [0.4, 0.5) is 0 Å². The van der Waals surface area contributed by atoms with Gasteiger partial charge in [0.25, 0.3) is 0 Å². The SMILES string of the molecule is Cc1ccc2[nH]c3c(c2c1)C1=C(CCC3)OC(C)(I)C=C1. The van der Waals surface area contributed by atoms with Gasteiger partial charge in [0.05, 0.1) is 0 Å². The molecule has 0 spiro atoms. The van der Waals surface area contributed by atoms with Gasteiger partial charge in [-0.25, -0.2) is 0 Å². The van der Waals surface area contributed by atoms with Crippen molar-refractivity contribution in [1.82, 2.24) is 4.98 Å². The van der Waals surface area contributed by atoms with E-state index in [1.54, 1.807) is 0 Å². The van der Waals surface area contributed by atoms with Crippen molar-refractivity contribution in [2.24, 2.45) is 0 Å². The summed E-state index contributed by atoms with van der Waals surface area (Å²) in [5.74, 6) is 1.15. The average molecular weight is 391 g/mol. The Balaban J connectivity index is 1.99. The molecule has 3 heteroatoms. The van der Waals surface area contributed by atoms with Gasteiger partial charge in [-0.15, -0.1) is 0 Å². The molecule has 2 nitrogen and oxygen atoms in total. The van der Waals surface area contributed by atoms with Crippen LogP contribution in [-0.4, -0.2) is 8.59 Å². The van der Waals surface area contributed by atoms with Crippen LogP contribution in [0.25, 0.3) is 16.5 Å². The first-order valence-electron chi connectivity index (χ1n) is 7.45. The molecule has 0 saturated carbocycles. The molecule has 0 radical (unpaired) electrons. The smallest absolute Gasteiger partial charge is 0.174 e. The predicted molar refractivity (Wildman–Crippen MR) is 95.5 cm³/mol. The molecule has 1 unspecified atom stereocenters. The number of aromatic nitrogens is 1. The Bertz CT molecular complexity index is 795. The van der Waals surface area contributed by atoms with E-state index < -0.39 is 0 Å². The Morgan fingerprint density at radius 1 is 1.29 bits per heavy atom. The number of halogens is 1. The second-order valence-electron chi connectivity index (χ2n) is 6.14. The lowest BCUT2D eigenvalue weighted by molar-refractivity contribution is 0.145. The number of aryl methyl sites for hydroxylation is 2. The molecule has 2 aromatic rings. The number of rotatable bonds is 0. The van der Waals surface area contributed by atoms with E-state index in [2.05, 4.69) is 71.8 Å². The number of aromatic amines is 1. The van der Waals surface area contributed by atoms with Crippen molar-refractivity contribution in [3.63, 3.8) is 0 Å². The maximum Gasteiger partial charge on any atom is 0.174 e. The number of fused-ring (bicyclic) bond motifs is 4. The minimum absolute atomic E-state index is 0.219. The summed E-state index contributed by atoms with van der Waals surface area (Å²) in [6, 6.07) is 6.64. The molecule has 1 aromatic carbocycles. The molecule has 4 rings (SSSR count). The van der Waals surface area contributed by atoms with Gasteiger partial charge in [-0.05, 0) is 67.5 Å². The highest BCUT2D eigenvalue weighted by atomic mass is 127. The van der Waals surface area contributed by atoms with Gasteiger partial charge >= 0.3 is 0 Å². The first-order valence-corrected chi connectivity index (χ1v) is 8.53. The molecule has 0 saturated heterocycles. The number of ether oxygens (including phenoxy) is 1. The number of alkyl halides is 1. The van der Waals surface area contributed by atoms with Gasteiger partial charge in [0.15, 0.2) is 3.61 Å². The molecule has 21 heavy (non-hydrogen) atoms. The minimum atomic E-state index is -0.219. The van der Waals surface area contributed by atoms with Gasteiger partial charge in [-0.1, -0.05) is 17.7 Å². The highest BCUT2D eigenvalue weighted by Crippen LogP contribution is 2.42. The molecular weight excluding hydrogens is 373 g/mol. The molecule has 1 atom stereocenters. The summed E-state index contributed by atoms with van der Waals surface area (Å²) in [6.45, 7) is 4.26. The van der Waals surface area contributed by atoms with Gasteiger partial charge < -0.3 is 9.72 Å². The molecule has 1 aliphatic heterocycles. The van der Waals surface area contributed by atoms with E-state index in [1.165, 1.54) is 33.3 Å². The summed E-state index contributed by atoms with van der Waals surface area (Å²) in [4.78, 5) is 3.61. The number of H-pyrrole nitrogens is 1. The van der Waals surface area contributed by atoms with E-state index >= 15 is 0 Å². The number of benzene rings is 1. The van der Waals surface area contributed by atoms with E-state index in [1.807, 2.05) is 0 Å². The molecular formula is C18H18INO. The van der Waals surface area contributed by atoms with Gasteiger partial charge in [-0.2, -0.15) is 0 Å². The minimum Gasteiger partial charge on any atom is -0.477 e. The molecule has 2 aliphatic rings. The van der Waals surface area contributed by atoms with Crippen LogP contribution < -0.4 is 0 Å². The third kappa shape index (κ3) is 2.22. The molecule has 1 aliphatic carbocycles. The zero-order chi connectivity index (χ0) is 14.6. The number of nitrogens with one attached hydrogen (secondary N) is 1. The van der Waals surface area contributed by atoms with Crippen molar-refractivity contribution in [2.45, 2.75) is 36.7 Å². The lowest BCUT2D eigenvalue weighted by atomic mass is 9.98. The van der Waals surface area contributed by atoms with E-state index in [-0.39, 0.29) is 3.61 Å². The number of hydrogen-bond acceptors (Lipinski definition) is 1. The maximum atomic E-state index is 6.23. The number of hydrogen-bond donors (Lipinski definition) is 1. The van der Waals surface area contributed by atoms with E-state index in [0.29, 0.717) is 0 Å². The Morgan fingerprint density at radius 3 is 3.00 bits per heavy atom. The molecule has 1 N–H and O–H groups in total. The van der Waals surface area contributed by atoms with E-state index in [9.17, 15) is 0 Å². The number of allylic oxidation sites excluding steroid dienone is 3. The van der Waals surface area contributed by atoms with E-state index in [0.717, 1.165) is 25.0 Å². The predicted octanol–water partition coefficient (Wildman–Crippen LogP) is 5.26. The fraction of sp³-hybridized carbons (Fsp3) is 0.333. The van der Waals surface area contributed by atoms with Crippen LogP contribution in [-0.2, 0) is 11.2 Å². The average Bonchev–Trinajstić information content (AvgIpc) is 2.67. The third-order valence-electron chi connectivity index (χ3n) is 4.30. The lowest BCUT2D eigenvalue weighted by Gasteiger charge is -2.28. The highest BCUT2D eigenvalue weighted by molar-refractivity contribution is 14.1.